The highest BCUT2D eigenvalue weighted by Gasteiger charge is 2.22. The fraction of sp³-hybridized carbons (Fsp3) is 0.385. The highest BCUT2D eigenvalue weighted by Crippen LogP contribution is 2.23. The topological polar surface area (TPSA) is 94.3 Å². The molecule has 1 aromatic carbocycles. The van der Waals surface area contributed by atoms with Crippen molar-refractivity contribution < 1.29 is 17.7 Å². The van der Waals surface area contributed by atoms with Gasteiger partial charge in [0.15, 0.2) is 9.84 Å². The lowest BCUT2D eigenvalue weighted by Gasteiger charge is -2.20. The number of ether oxygens (including phenoxy) is 1. The molecule has 0 aliphatic carbocycles. The second-order valence-corrected chi connectivity index (χ2v) is 6.84. The maximum absolute atomic E-state index is 11.6. The standard InChI is InChI=1S/C13H15N3O4S/c1-21(17,18)10-4-2-3-9(7-10)13-15-12(16-20-13)11-8-14-5-6-19-11/h2-4,7,11,14H,5-6,8H2,1H3. The van der Waals surface area contributed by atoms with Gasteiger partial charge in [-0.15, -0.1) is 0 Å². The van der Waals surface area contributed by atoms with Gasteiger partial charge in [0, 0.05) is 24.9 Å². The molecule has 0 spiro atoms. The van der Waals surface area contributed by atoms with E-state index in [-0.39, 0.29) is 16.9 Å². The average Bonchev–Trinajstić information content (AvgIpc) is 2.97. The van der Waals surface area contributed by atoms with Crippen LogP contribution in [0.3, 0.4) is 0 Å². The molecule has 7 nitrogen and oxygen atoms in total. The molecule has 2 aromatic rings. The van der Waals surface area contributed by atoms with E-state index >= 15 is 0 Å². The van der Waals surface area contributed by atoms with Gasteiger partial charge in [-0.3, -0.25) is 0 Å². The lowest BCUT2D eigenvalue weighted by atomic mass is 10.2. The van der Waals surface area contributed by atoms with E-state index in [0.29, 0.717) is 24.5 Å². The molecule has 0 saturated carbocycles. The molecule has 1 saturated heterocycles. The van der Waals surface area contributed by atoms with Crippen molar-refractivity contribution in [1.82, 2.24) is 15.5 Å². The van der Waals surface area contributed by atoms with Crippen LogP contribution in [-0.2, 0) is 14.6 Å². The van der Waals surface area contributed by atoms with Gasteiger partial charge in [-0.25, -0.2) is 8.42 Å². The monoisotopic (exact) mass is 309 g/mol. The maximum Gasteiger partial charge on any atom is 0.258 e. The lowest BCUT2D eigenvalue weighted by molar-refractivity contribution is 0.0208. The zero-order valence-electron chi connectivity index (χ0n) is 11.4. The van der Waals surface area contributed by atoms with E-state index in [1.54, 1.807) is 12.1 Å². The van der Waals surface area contributed by atoms with Crippen molar-refractivity contribution in [2.45, 2.75) is 11.0 Å². The average molecular weight is 309 g/mol. The molecule has 1 aromatic heterocycles. The Morgan fingerprint density at radius 2 is 2.24 bits per heavy atom. The SMILES string of the molecule is CS(=O)(=O)c1cccc(-c2nc(C3CNCCO3)no2)c1. The number of aromatic nitrogens is 2. The molecule has 1 fully saturated rings. The highest BCUT2D eigenvalue weighted by molar-refractivity contribution is 7.90. The van der Waals surface area contributed by atoms with Crippen LogP contribution in [0.25, 0.3) is 11.5 Å². The van der Waals surface area contributed by atoms with Crippen molar-refractivity contribution in [2.75, 3.05) is 26.0 Å². The van der Waals surface area contributed by atoms with E-state index in [1.807, 2.05) is 0 Å². The van der Waals surface area contributed by atoms with Crippen LogP contribution < -0.4 is 5.32 Å². The number of hydrogen-bond donors (Lipinski definition) is 1. The van der Waals surface area contributed by atoms with Gasteiger partial charge in [0.05, 0.1) is 11.5 Å². The summed E-state index contributed by atoms with van der Waals surface area (Å²) in [7, 11) is -3.27. The Bertz CT molecular complexity index is 735. The minimum Gasteiger partial charge on any atom is -0.367 e. The molecule has 21 heavy (non-hydrogen) atoms. The van der Waals surface area contributed by atoms with Crippen LogP contribution >= 0.6 is 0 Å². The predicted octanol–water partition coefficient (Wildman–Crippen LogP) is 0.801. The normalized spacial score (nSPS) is 19.6. The minimum absolute atomic E-state index is 0.218. The summed E-state index contributed by atoms with van der Waals surface area (Å²) in [5, 5.41) is 7.09. The van der Waals surface area contributed by atoms with Gasteiger partial charge >= 0.3 is 0 Å². The first-order chi connectivity index (χ1) is 10.0. The van der Waals surface area contributed by atoms with E-state index in [1.165, 1.54) is 12.1 Å². The Hall–Kier alpha value is -1.77. The number of morpholine rings is 1. The first-order valence-corrected chi connectivity index (χ1v) is 8.39. The summed E-state index contributed by atoms with van der Waals surface area (Å²) >= 11 is 0. The van der Waals surface area contributed by atoms with Crippen molar-refractivity contribution >= 4 is 9.84 Å². The first kappa shape index (κ1) is 14.2. The van der Waals surface area contributed by atoms with E-state index in [0.717, 1.165) is 12.8 Å². The van der Waals surface area contributed by atoms with Gasteiger partial charge in [-0.05, 0) is 18.2 Å². The molecule has 1 aliphatic rings. The predicted molar refractivity (Wildman–Crippen MR) is 74.4 cm³/mol. The Kier molecular flexibility index (Phi) is 3.75. The van der Waals surface area contributed by atoms with Crippen LogP contribution in [0.15, 0.2) is 33.7 Å². The Balaban J connectivity index is 1.89. The molecule has 1 unspecified atom stereocenters. The fourth-order valence-corrected chi connectivity index (χ4v) is 2.74. The van der Waals surface area contributed by atoms with Crippen LogP contribution in [0.4, 0.5) is 0 Å². The van der Waals surface area contributed by atoms with Gasteiger partial charge in [-0.2, -0.15) is 4.98 Å². The van der Waals surface area contributed by atoms with E-state index in [4.69, 9.17) is 9.26 Å². The van der Waals surface area contributed by atoms with Crippen molar-refractivity contribution in [2.24, 2.45) is 0 Å². The number of rotatable bonds is 3. The largest absolute Gasteiger partial charge is 0.367 e. The van der Waals surface area contributed by atoms with Crippen LogP contribution in [0.5, 0.6) is 0 Å². The van der Waals surface area contributed by atoms with Gasteiger partial charge in [-0.1, -0.05) is 11.2 Å². The van der Waals surface area contributed by atoms with Gasteiger partial charge in [0.2, 0.25) is 5.82 Å². The van der Waals surface area contributed by atoms with Crippen LogP contribution in [0.1, 0.15) is 11.9 Å². The molecule has 0 radical (unpaired) electrons. The van der Waals surface area contributed by atoms with Crippen molar-refractivity contribution in [1.29, 1.82) is 0 Å². The summed E-state index contributed by atoms with van der Waals surface area (Å²) in [4.78, 5) is 4.51. The summed E-state index contributed by atoms with van der Waals surface area (Å²) in [5.41, 5.74) is 0.570. The maximum atomic E-state index is 11.6. The molecular formula is C13H15N3O4S. The molecule has 2 heterocycles. The summed E-state index contributed by atoms with van der Waals surface area (Å²) in [5.74, 6) is 0.742. The number of nitrogens with one attached hydrogen (secondary N) is 1. The Morgan fingerprint density at radius 1 is 1.38 bits per heavy atom. The summed E-state index contributed by atoms with van der Waals surface area (Å²) < 4.78 is 33.9. The van der Waals surface area contributed by atoms with Crippen molar-refractivity contribution in [3.05, 3.63) is 30.1 Å². The van der Waals surface area contributed by atoms with Gasteiger partial charge in [0.25, 0.3) is 5.89 Å². The molecule has 3 rings (SSSR count). The summed E-state index contributed by atoms with van der Waals surface area (Å²) in [6, 6.07) is 6.43. The number of hydrogen-bond acceptors (Lipinski definition) is 7. The van der Waals surface area contributed by atoms with Crippen LogP contribution in [0.2, 0.25) is 0 Å². The molecule has 1 atom stereocenters. The summed E-state index contributed by atoms with van der Waals surface area (Å²) in [6.07, 6.45) is 0.918. The smallest absolute Gasteiger partial charge is 0.258 e. The molecule has 8 heteroatoms. The Labute approximate surface area is 122 Å². The number of sulfone groups is 1. The Morgan fingerprint density at radius 3 is 2.95 bits per heavy atom. The third-order valence-electron chi connectivity index (χ3n) is 3.17. The fourth-order valence-electron chi connectivity index (χ4n) is 2.07. The zero-order chi connectivity index (χ0) is 14.9. The molecule has 1 N–H and O–H groups in total. The van der Waals surface area contributed by atoms with E-state index in [9.17, 15) is 8.42 Å². The number of nitrogens with zero attached hydrogens (tertiary/aromatic N) is 2. The minimum atomic E-state index is -3.27. The highest BCUT2D eigenvalue weighted by atomic mass is 32.2. The zero-order valence-corrected chi connectivity index (χ0v) is 12.3. The van der Waals surface area contributed by atoms with E-state index in [2.05, 4.69) is 15.5 Å². The molecule has 112 valence electrons. The van der Waals surface area contributed by atoms with Gasteiger partial charge < -0.3 is 14.6 Å². The first-order valence-electron chi connectivity index (χ1n) is 6.50. The van der Waals surface area contributed by atoms with Crippen molar-refractivity contribution in [3.63, 3.8) is 0 Å². The molecular weight excluding hydrogens is 294 g/mol. The number of benzene rings is 1. The molecule has 1 aliphatic heterocycles. The third kappa shape index (κ3) is 3.12. The van der Waals surface area contributed by atoms with Gasteiger partial charge in [0.1, 0.15) is 6.10 Å². The van der Waals surface area contributed by atoms with Crippen LogP contribution in [-0.4, -0.2) is 44.5 Å². The quantitative estimate of drug-likeness (QED) is 0.896. The van der Waals surface area contributed by atoms with E-state index < -0.39 is 9.84 Å². The third-order valence-corrected chi connectivity index (χ3v) is 4.28. The molecule has 0 amide bonds. The van der Waals surface area contributed by atoms with Crippen molar-refractivity contribution in [3.8, 4) is 11.5 Å². The second kappa shape index (κ2) is 5.55. The van der Waals surface area contributed by atoms with Crippen LogP contribution in [0, 0.1) is 0 Å². The lowest BCUT2D eigenvalue weighted by Crippen LogP contribution is -2.33. The second-order valence-electron chi connectivity index (χ2n) is 4.82. The molecule has 0 bridgehead atoms. The summed E-state index contributed by atoms with van der Waals surface area (Å²) in [6.45, 7) is 2.03.